The zero-order valence-corrected chi connectivity index (χ0v) is 11.8. The van der Waals surface area contributed by atoms with Crippen LogP contribution in [0.4, 0.5) is 5.69 Å². The molecule has 0 saturated carbocycles. The van der Waals surface area contributed by atoms with Gasteiger partial charge in [0.05, 0.1) is 23.8 Å². The van der Waals surface area contributed by atoms with Crippen LogP contribution < -0.4 is 5.32 Å². The van der Waals surface area contributed by atoms with Gasteiger partial charge < -0.3 is 15.0 Å². The Morgan fingerprint density at radius 3 is 2.85 bits per heavy atom. The molecule has 1 aliphatic heterocycles. The van der Waals surface area contributed by atoms with E-state index < -0.39 is 0 Å². The van der Waals surface area contributed by atoms with Crippen molar-refractivity contribution in [3.8, 4) is 6.07 Å². The van der Waals surface area contributed by atoms with Gasteiger partial charge in [0, 0.05) is 31.7 Å². The number of halogens is 1. The molecule has 1 aliphatic rings. The van der Waals surface area contributed by atoms with Crippen molar-refractivity contribution < 1.29 is 9.53 Å². The van der Waals surface area contributed by atoms with Gasteiger partial charge in [-0.1, -0.05) is 11.6 Å². The second-order valence-corrected chi connectivity index (χ2v) is 4.88. The molecule has 2 rings (SSSR count). The van der Waals surface area contributed by atoms with E-state index in [1.807, 2.05) is 11.0 Å². The Balaban J connectivity index is 1.79. The Morgan fingerprint density at radius 1 is 1.45 bits per heavy atom. The second kappa shape index (κ2) is 7.13. The minimum Gasteiger partial charge on any atom is -0.384 e. The minimum atomic E-state index is 0.126. The van der Waals surface area contributed by atoms with Gasteiger partial charge in [0.25, 0.3) is 0 Å². The van der Waals surface area contributed by atoms with Crippen molar-refractivity contribution in [3.63, 3.8) is 0 Å². The molecule has 6 heteroatoms. The Kier molecular flexibility index (Phi) is 5.22. The quantitative estimate of drug-likeness (QED) is 0.920. The molecule has 0 atom stereocenters. The fraction of sp³-hybridized carbons (Fsp3) is 0.429. The zero-order valence-electron chi connectivity index (χ0n) is 11.1. The van der Waals surface area contributed by atoms with E-state index >= 15 is 0 Å². The van der Waals surface area contributed by atoms with Crippen LogP contribution in [0.3, 0.4) is 0 Å². The van der Waals surface area contributed by atoms with Gasteiger partial charge >= 0.3 is 0 Å². The summed E-state index contributed by atoms with van der Waals surface area (Å²) in [4.78, 5) is 13.7. The van der Waals surface area contributed by atoms with Crippen LogP contribution in [0, 0.1) is 11.3 Å². The van der Waals surface area contributed by atoms with Crippen molar-refractivity contribution in [2.24, 2.45) is 0 Å². The average molecular weight is 294 g/mol. The Hall–Kier alpha value is -1.77. The topological polar surface area (TPSA) is 65.4 Å². The van der Waals surface area contributed by atoms with Gasteiger partial charge in [0.2, 0.25) is 5.91 Å². The average Bonchev–Trinajstić information content (AvgIpc) is 2.48. The van der Waals surface area contributed by atoms with E-state index in [1.165, 1.54) is 0 Å². The SMILES string of the molecule is N#Cc1ccc(NCCC(=O)N2CCOCC2)cc1Cl. The summed E-state index contributed by atoms with van der Waals surface area (Å²) in [5, 5.41) is 12.3. The number of hydrogen-bond acceptors (Lipinski definition) is 4. The lowest BCUT2D eigenvalue weighted by molar-refractivity contribution is -0.134. The van der Waals surface area contributed by atoms with E-state index in [-0.39, 0.29) is 5.91 Å². The lowest BCUT2D eigenvalue weighted by atomic mass is 10.2. The van der Waals surface area contributed by atoms with Gasteiger partial charge in [-0.15, -0.1) is 0 Å². The predicted molar refractivity (Wildman–Crippen MR) is 76.7 cm³/mol. The molecule has 0 unspecified atom stereocenters. The van der Waals surface area contributed by atoms with Crippen molar-refractivity contribution in [2.45, 2.75) is 6.42 Å². The molecule has 1 N–H and O–H groups in total. The summed E-state index contributed by atoms with van der Waals surface area (Å²) in [5.41, 5.74) is 1.25. The molecule has 1 saturated heterocycles. The fourth-order valence-electron chi connectivity index (χ4n) is 2.00. The molecule has 1 aromatic carbocycles. The van der Waals surface area contributed by atoms with Crippen LogP contribution in [0.1, 0.15) is 12.0 Å². The van der Waals surface area contributed by atoms with Crippen molar-refractivity contribution in [1.29, 1.82) is 5.26 Å². The van der Waals surface area contributed by atoms with E-state index in [0.717, 1.165) is 5.69 Å². The Labute approximate surface area is 123 Å². The Morgan fingerprint density at radius 2 is 2.20 bits per heavy atom. The van der Waals surface area contributed by atoms with E-state index in [2.05, 4.69) is 5.32 Å². The lowest BCUT2D eigenvalue weighted by Gasteiger charge is -2.26. The first-order valence-corrected chi connectivity index (χ1v) is 6.87. The summed E-state index contributed by atoms with van der Waals surface area (Å²) >= 11 is 5.94. The second-order valence-electron chi connectivity index (χ2n) is 4.48. The number of carbonyl (C=O) groups is 1. The molecule has 0 bridgehead atoms. The monoisotopic (exact) mass is 293 g/mol. The van der Waals surface area contributed by atoms with Crippen LogP contribution in [-0.4, -0.2) is 43.7 Å². The van der Waals surface area contributed by atoms with E-state index in [4.69, 9.17) is 21.6 Å². The predicted octanol–water partition coefficient (Wildman–Crippen LogP) is 1.87. The fourth-order valence-corrected chi connectivity index (χ4v) is 2.22. The molecule has 0 spiro atoms. The van der Waals surface area contributed by atoms with Crippen LogP contribution in [0.15, 0.2) is 18.2 Å². The third kappa shape index (κ3) is 3.86. The summed E-state index contributed by atoms with van der Waals surface area (Å²) < 4.78 is 5.21. The maximum atomic E-state index is 11.9. The molecule has 1 heterocycles. The molecule has 0 radical (unpaired) electrons. The van der Waals surface area contributed by atoms with Gasteiger partial charge in [-0.25, -0.2) is 0 Å². The standard InChI is InChI=1S/C14H16ClN3O2/c15-13-9-12(2-1-11(13)10-16)17-4-3-14(19)18-5-7-20-8-6-18/h1-2,9,17H,3-8H2. The van der Waals surface area contributed by atoms with Crippen LogP contribution in [0.5, 0.6) is 0 Å². The molecular weight excluding hydrogens is 278 g/mol. The van der Waals surface area contributed by atoms with E-state index in [9.17, 15) is 4.79 Å². The Bertz CT molecular complexity index is 522. The van der Waals surface area contributed by atoms with E-state index in [1.54, 1.807) is 18.2 Å². The molecular formula is C14H16ClN3O2. The first kappa shape index (κ1) is 14.6. The number of nitrogens with one attached hydrogen (secondary N) is 1. The van der Waals surface area contributed by atoms with Crippen LogP contribution in [0.25, 0.3) is 0 Å². The van der Waals surface area contributed by atoms with Crippen LogP contribution >= 0.6 is 11.6 Å². The van der Waals surface area contributed by atoms with Crippen molar-refractivity contribution in [2.75, 3.05) is 38.2 Å². The highest BCUT2D eigenvalue weighted by Gasteiger charge is 2.15. The van der Waals surface area contributed by atoms with E-state index in [0.29, 0.717) is 49.9 Å². The molecule has 0 aliphatic carbocycles. The maximum Gasteiger partial charge on any atom is 0.224 e. The summed E-state index contributed by atoms with van der Waals surface area (Å²) in [6.07, 6.45) is 0.428. The normalized spacial score (nSPS) is 14.7. The molecule has 5 nitrogen and oxygen atoms in total. The number of amides is 1. The number of ether oxygens (including phenoxy) is 1. The van der Waals surface area contributed by atoms with Gasteiger partial charge in [-0.3, -0.25) is 4.79 Å². The van der Waals surface area contributed by atoms with Crippen molar-refractivity contribution >= 4 is 23.2 Å². The number of rotatable bonds is 4. The highest BCUT2D eigenvalue weighted by atomic mass is 35.5. The highest BCUT2D eigenvalue weighted by Crippen LogP contribution is 2.20. The first-order valence-electron chi connectivity index (χ1n) is 6.50. The smallest absolute Gasteiger partial charge is 0.224 e. The summed E-state index contributed by atoms with van der Waals surface area (Å²) in [6, 6.07) is 7.14. The number of morpholine rings is 1. The molecule has 20 heavy (non-hydrogen) atoms. The maximum absolute atomic E-state index is 11.9. The van der Waals surface area contributed by atoms with Gasteiger partial charge in [-0.05, 0) is 18.2 Å². The van der Waals surface area contributed by atoms with Crippen LogP contribution in [-0.2, 0) is 9.53 Å². The molecule has 1 fully saturated rings. The zero-order chi connectivity index (χ0) is 14.4. The van der Waals surface area contributed by atoms with Crippen molar-refractivity contribution in [1.82, 2.24) is 4.90 Å². The summed E-state index contributed by atoms with van der Waals surface area (Å²) in [5.74, 6) is 0.126. The first-order chi connectivity index (χ1) is 9.70. The largest absolute Gasteiger partial charge is 0.384 e. The number of anilines is 1. The number of carbonyl (C=O) groups excluding carboxylic acids is 1. The molecule has 106 valence electrons. The summed E-state index contributed by atoms with van der Waals surface area (Å²) in [7, 11) is 0. The van der Waals surface area contributed by atoms with Gasteiger partial charge in [0.1, 0.15) is 6.07 Å². The highest BCUT2D eigenvalue weighted by molar-refractivity contribution is 6.32. The minimum absolute atomic E-state index is 0.126. The lowest BCUT2D eigenvalue weighted by Crippen LogP contribution is -2.41. The van der Waals surface area contributed by atoms with Gasteiger partial charge in [0.15, 0.2) is 0 Å². The third-order valence-electron chi connectivity index (χ3n) is 3.12. The molecule has 0 aromatic heterocycles. The third-order valence-corrected chi connectivity index (χ3v) is 3.43. The molecule has 1 amide bonds. The number of nitriles is 1. The number of hydrogen-bond donors (Lipinski definition) is 1. The van der Waals surface area contributed by atoms with Gasteiger partial charge in [-0.2, -0.15) is 5.26 Å². The summed E-state index contributed by atoms with van der Waals surface area (Å²) in [6.45, 7) is 3.11. The number of benzene rings is 1. The number of nitrogens with zero attached hydrogens (tertiary/aromatic N) is 2. The van der Waals surface area contributed by atoms with Crippen LogP contribution in [0.2, 0.25) is 5.02 Å². The molecule has 1 aromatic rings. The van der Waals surface area contributed by atoms with Crippen molar-refractivity contribution in [3.05, 3.63) is 28.8 Å².